The minimum atomic E-state index is -3.94. The Labute approximate surface area is 211 Å². The molecule has 0 spiro atoms. The summed E-state index contributed by atoms with van der Waals surface area (Å²) in [5.41, 5.74) is 7.86. The number of ether oxygens (including phenoxy) is 1. The molecule has 0 aliphatic rings. The zero-order valence-electron chi connectivity index (χ0n) is 19.2. The van der Waals surface area contributed by atoms with Crippen molar-refractivity contribution in [3.63, 3.8) is 0 Å². The number of rotatable bonds is 8. The summed E-state index contributed by atoms with van der Waals surface area (Å²) in [4.78, 5) is 12.7. The number of allylic oxidation sites excluding steroid dienone is 1. The lowest BCUT2D eigenvalue weighted by molar-refractivity contribution is 0.477. The molecule has 0 atom stereocenters. The molecule has 3 heterocycles. The Hall–Kier alpha value is -4.54. The van der Waals surface area contributed by atoms with Crippen LogP contribution in [0.4, 0.5) is 5.13 Å². The normalized spacial score (nSPS) is 12.0. The topological polar surface area (TPSA) is 161 Å². The van der Waals surface area contributed by atoms with Crippen molar-refractivity contribution in [1.29, 1.82) is 5.26 Å². The van der Waals surface area contributed by atoms with E-state index in [-0.39, 0.29) is 21.3 Å². The third-order valence-electron chi connectivity index (χ3n) is 4.85. The average Bonchev–Trinajstić information content (AvgIpc) is 3.54. The van der Waals surface area contributed by atoms with E-state index >= 15 is 0 Å². The number of sulfonamides is 1. The Balaban J connectivity index is 1.72. The quantitative estimate of drug-likeness (QED) is 0.335. The summed E-state index contributed by atoms with van der Waals surface area (Å²) in [6, 6.07) is 9.42. The summed E-state index contributed by atoms with van der Waals surface area (Å²) in [6.45, 7) is 0. The van der Waals surface area contributed by atoms with Gasteiger partial charge >= 0.3 is 0 Å². The largest absolute Gasteiger partial charge is 0.454 e. The second kappa shape index (κ2) is 10.4. The molecule has 0 unspecified atom stereocenters. The molecule has 11 nitrogen and oxygen atoms in total. The van der Waals surface area contributed by atoms with Gasteiger partial charge in [-0.25, -0.2) is 18.4 Å². The maximum atomic E-state index is 12.7. The van der Waals surface area contributed by atoms with Crippen molar-refractivity contribution < 1.29 is 13.2 Å². The molecule has 0 bridgehead atoms. The molecule has 0 aliphatic carbocycles. The van der Waals surface area contributed by atoms with Crippen LogP contribution in [-0.2, 0) is 17.1 Å². The van der Waals surface area contributed by atoms with Gasteiger partial charge in [0, 0.05) is 37.4 Å². The van der Waals surface area contributed by atoms with Gasteiger partial charge in [-0.2, -0.15) is 10.4 Å². The number of nitrogens with one attached hydrogen (secondary N) is 1. The summed E-state index contributed by atoms with van der Waals surface area (Å²) < 4.78 is 35.5. The van der Waals surface area contributed by atoms with E-state index in [9.17, 15) is 13.7 Å². The van der Waals surface area contributed by atoms with Crippen LogP contribution in [0.5, 0.6) is 11.5 Å². The van der Waals surface area contributed by atoms with Crippen LogP contribution in [0.25, 0.3) is 11.3 Å². The summed E-state index contributed by atoms with van der Waals surface area (Å²) in [6.07, 6.45) is 7.90. The number of nitrogens with two attached hydrogens (primary N) is 1. The third kappa shape index (κ3) is 5.24. The van der Waals surface area contributed by atoms with Gasteiger partial charge in [-0.15, -0.1) is 11.3 Å². The number of nitriles is 1. The van der Waals surface area contributed by atoms with E-state index in [0.29, 0.717) is 22.8 Å². The zero-order valence-corrected chi connectivity index (χ0v) is 20.8. The summed E-state index contributed by atoms with van der Waals surface area (Å²) in [5.74, 6) is 0.449. The molecule has 13 heteroatoms. The van der Waals surface area contributed by atoms with Gasteiger partial charge < -0.3 is 10.5 Å². The lowest BCUT2D eigenvalue weighted by Gasteiger charge is -2.14. The van der Waals surface area contributed by atoms with Crippen LogP contribution in [0.3, 0.4) is 0 Å². The number of aromatic nitrogens is 4. The zero-order chi connectivity index (χ0) is 25.7. The highest BCUT2D eigenvalue weighted by Crippen LogP contribution is 2.32. The number of nitrogens with zero attached hydrogens (tertiary/aromatic N) is 6. The molecule has 0 aliphatic heterocycles. The molecule has 3 aromatic heterocycles. The van der Waals surface area contributed by atoms with Gasteiger partial charge in [-0.1, -0.05) is 0 Å². The highest BCUT2D eigenvalue weighted by molar-refractivity contribution is 7.93. The van der Waals surface area contributed by atoms with Gasteiger partial charge in [0.15, 0.2) is 10.9 Å². The van der Waals surface area contributed by atoms with Gasteiger partial charge in [0.2, 0.25) is 0 Å². The fourth-order valence-corrected chi connectivity index (χ4v) is 5.01. The standard InChI is InChI=1S/C23H20N8O3S2/c1-26-19(7-8-24)22-21(6-4-18(29-22)16-13-28-31(2)14-16)34-20-5-3-17(11-15(20)12-25)36(32,33)30-23-27-9-10-35-23/h3-11,13-14H,24H2,1-2H3,(H,27,30). The minimum absolute atomic E-state index is 0.0173. The Morgan fingerprint density at radius 1 is 1.31 bits per heavy atom. The summed E-state index contributed by atoms with van der Waals surface area (Å²) >= 11 is 1.14. The Kier molecular flexibility index (Phi) is 7.09. The fourth-order valence-electron chi connectivity index (χ4n) is 3.20. The van der Waals surface area contributed by atoms with Gasteiger partial charge in [0.25, 0.3) is 10.0 Å². The number of aliphatic imine (C=N–C) groups is 1. The highest BCUT2D eigenvalue weighted by atomic mass is 32.2. The molecule has 0 saturated carbocycles. The fraction of sp³-hybridized carbons (Fsp3) is 0.0870. The van der Waals surface area contributed by atoms with E-state index in [0.717, 1.165) is 16.9 Å². The SMILES string of the molecule is CN=C(C=CN)c1nc(-c2cnn(C)c2)ccc1Oc1ccc(S(=O)(=O)Nc2nccs2)cc1C#N. The molecule has 4 rings (SSSR count). The lowest BCUT2D eigenvalue weighted by Crippen LogP contribution is -2.13. The van der Waals surface area contributed by atoms with Crippen LogP contribution < -0.4 is 15.2 Å². The van der Waals surface area contributed by atoms with Crippen LogP contribution in [0.1, 0.15) is 11.3 Å². The molecule has 3 N–H and O–H groups in total. The second-order valence-electron chi connectivity index (χ2n) is 7.23. The summed E-state index contributed by atoms with van der Waals surface area (Å²) in [7, 11) is -0.550. The molecule has 0 saturated heterocycles. The monoisotopic (exact) mass is 520 g/mol. The average molecular weight is 521 g/mol. The van der Waals surface area contributed by atoms with E-state index < -0.39 is 10.0 Å². The Bertz CT molecular complexity index is 1600. The van der Waals surface area contributed by atoms with Crippen LogP contribution in [0.15, 0.2) is 76.5 Å². The van der Waals surface area contributed by atoms with E-state index in [1.807, 2.05) is 12.3 Å². The lowest BCUT2D eigenvalue weighted by atomic mass is 10.1. The van der Waals surface area contributed by atoms with E-state index in [1.165, 1.54) is 30.6 Å². The van der Waals surface area contributed by atoms with Crippen molar-refractivity contribution in [2.45, 2.75) is 4.90 Å². The van der Waals surface area contributed by atoms with Crippen molar-refractivity contribution >= 4 is 32.2 Å². The summed E-state index contributed by atoms with van der Waals surface area (Å²) in [5, 5.41) is 15.8. The van der Waals surface area contributed by atoms with Gasteiger partial charge in [0.1, 0.15) is 17.5 Å². The maximum absolute atomic E-state index is 12.7. The number of anilines is 1. The molecule has 36 heavy (non-hydrogen) atoms. The van der Waals surface area contributed by atoms with Crippen LogP contribution in [0.2, 0.25) is 0 Å². The van der Waals surface area contributed by atoms with Crippen molar-refractivity contribution in [1.82, 2.24) is 19.7 Å². The highest BCUT2D eigenvalue weighted by Gasteiger charge is 2.20. The predicted octanol–water partition coefficient (Wildman–Crippen LogP) is 3.29. The van der Waals surface area contributed by atoms with Crippen LogP contribution >= 0.6 is 11.3 Å². The molecular weight excluding hydrogens is 500 g/mol. The smallest absolute Gasteiger partial charge is 0.263 e. The van der Waals surface area contributed by atoms with Crippen LogP contribution in [0, 0.1) is 11.3 Å². The third-order valence-corrected chi connectivity index (χ3v) is 7.01. The number of pyridine rings is 1. The Morgan fingerprint density at radius 3 is 2.75 bits per heavy atom. The molecular formula is C23H20N8O3S2. The molecule has 0 fully saturated rings. The van der Waals surface area contributed by atoms with Crippen LogP contribution in [-0.4, -0.2) is 40.9 Å². The van der Waals surface area contributed by atoms with Gasteiger partial charge in [-0.3, -0.25) is 14.4 Å². The van der Waals surface area contributed by atoms with Crippen molar-refractivity contribution in [3.8, 4) is 28.8 Å². The number of hydrogen-bond acceptors (Lipinski definition) is 10. The van der Waals surface area contributed by atoms with E-state index in [2.05, 4.69) is 24.8 Å². The number of benzene rings is 1. The van der Waals surface area contributed by atoms with Gasteiger partial charge in [-0.05, 0) is 42.6 Å². The maximum Gasteiger partial charge on any atom is 0.263 e. The first-order valence-corrected chi connectivity index (χ1v) is 12.7. The van der Waals surface area contributed by atoms with Crippen molar-refractivity contribution in [3.05, 3.63) is 77.8 Å². The molecule has 1 aromatic carbocycles. The van der Waals surface area contributed by atoms with Gasteiger partial charge in [0.05, 0.1) is 28.1 Å². The molecule has 0 amide bonds. The van der Waals surface area contributed by atoms with E-state index in [4.69, 9.17) is 10.5 Å². The number of aryl methyl sites for hydroxylation is 1. The number of thiazole rings is 1. The Morgan fingerprint density at radius 2 is 2.11 bits per heavy atom. The first kappa shape index (κ1) is 24.6. The number of hydrogen-bond donors (Lipinski definition) is 2. The minimum Gasteiger partial charge on any atom is -0.454 e. The molecule has 4 aromatic rings. The first-order valence-electron chi connectivity index (χ1n) is 10.3. The van der Waals surface area contributed by atoms with Crippen molar-refractivity contribution in [2.75, 3.05) is 11.8 Å². The predicted molar refractivity (Wildman–Crippen MR) is 136 cm³/mol. The van der Waals surface area contributed by atoms with Crippen molar-refractivity contribution in [2.24, 2.45) is 17.8 Å². The first-order chi connectivity index (χ1) is 17.3. The molecule has 182 valence electrons. The molecule has 0 radical (unpaired) electrons. The van der Waals surface area contributed by atoms with E-state index in [1.54, 1.807) is 48.6 Å². The second-order valence-corrected chi connectivity index (χ2v) is 9.81.